The summed E-state index contributed by atoms with van der Waals surface area (Å²) < 4.78 is 0. The average Bonchev–Trinajstić information content (AvgIpc) is 2.15. The first kappa shape index (κ1) is 9.97. The molecule has 0 aromatic heterocycles. The lowest BCUT2D eigenvalue weighted by Crippen LogP contribution is -2.02. The van der Waals surface area contributed by atoms with Crippen molar-refractivity contribution in [2.45, 2.75) is 32.6 Å². The highest BCUT2D eigenvalue weighted by atomic mass is 16.1. The van der Waals surface area contributed by atoms with Crippen molar-refractivity contribution in [3.05, 3.63) is 35.9 Å². The van der Waals surface area contributed by atoms with Crippen molar-refractivity contribution < 1.29 is 4.79 Å². The molecule has 1 rings (SSSR count). The normalized spacial score (nSPS) is 12.5. The molecule has 1 aromatic rings. The van der Waals surface area contributed by atoms with E-state index in [1.54, 1.807) is 6.92 Å². The van der Waals surface area contributed by atoms with E-state index >= 15 is 0 Å². The maximum atomic E-state index is 11.0. The second-order valence-electron chi connectivity index (χ2n) is 3.42. The van der Waals surface area contributed by atoms with Gasteiger partial charge in [0.25, 0.3) is 0 Å². The van der Waals surface area contributed by atoms with E-state index in [1.807, 2.05) is 18.2 Å². The molecule has 13 heavy (non-hydrogen) atoms. The Bertz CT molecular complexity index is 264. The van der Waals surface area contributed by atoms with E-state index in [4.69, 9.17) is 0 Å². The second kappa shape index (κ2) is 4.80. The number of carbonyl (C=O) groups excluding carboxylic acids is 1. The Morgan fingerprint density at radius 3 is 2.38 bits per heavy atom. The predicted octanol–water partition coefficient (Wildman–Crippen LogP) is 3.16. The van der Waals surface area contributed by atoms with E-state index in [1.165, 1.54) is 5.56 Å². The molecule has 0 radical (unpaired) electrons. The predicted molar refractivity (Wildman–Crippen MR) is 54.8 cm³/mol. The molecule has 0 bridgehead atoms. The number of hydrogen-bond acceptors (Lipinski definition) is 1. The number of rotatable bonds is 4. The summed E-state index contributed by atoms with van der Waals surface area (Å²) in [5.74, 6) is 0.675. The molecule has 1 heteroatoms. The van der Waals surface area contributed by atoms with Crippen LogP contribution in [0.3, 0.4) is 0 Å². The molecule has 1 nitrogen and oxygen atoms in total. The zero-order valence-corrected chi connectivity index (χ0v) is 8.29. The highest BCUT2D eigenvalue weighted by molar-refractivity contribution is 5.76. The topological polar surface area (TPSA) is 17.1 Å². The minimum atomic E-state index is 0.274. The molecule has 0 aliphatic carbocycles. The standard InChI is InChI=1S/C12H16O/c1-3-11(9-10(2)13)12-7-5-4-6-8-12/h4-8,11H,3,9H2,1-2H3/t11-/m1/s1. The molecule has 70 valence electrons. The molecule has 0 aliphatic heterocycles. The van der Waals surface area contributed by atoms with Crippen LogP contribution in [-0.4, -0.2) is 5.78 Å². The van der Waals surface area contributed by atoms with Crippen molar-refractivity contribution in [3.8, 4) is 0 Å². The van der Waals surface area contributed by atoms with Gasteiger partial charge in [0.1, 0.15) is 5.78 Å². The second-order valence-corrected chi connectivity index (χ2v) is 3.42. The van der Waals surface area contributed by atoms with E-state index in [0.717, 1.165) is 6.42 Å². The van der Waals surface area contributed by atoms with Crippen LogP contribution in [0.5, 0.6) is 0 Å². The fraction of sp³-hybridized carbons (Fsp3) is 0.417. The van der Waals surface area contributed by atoms with Crippen LogP contribution in [0.15, 0.2) is 30.3 Å². The van der Waals surface area contributed by atoms with Crippen molar-refractivity contribution in [2.24, 2.45) is 0 Å². The Labute approximate surface area is 79.8 Å². The van der Waals surface area contributed by atoms with E-state index < -0.39 is 0 Å². The SMILES string of the molecule is CC[C@H](CC(C)=O)c1ccccc1. The fourth-order valence-corrected chi connectivity index (χ4v) is 1.57. The van der Waals surface area contributed by atoms with Crippen LogP contribution in [0.4, 0.5) is 0 Å². The molecule has 0 fully saturated rings. The summed E-state index contributed by atoms with van der Waals surface area (Å²) in [4.78, 5) is 11.0. The van der Waals surface area contributed by atoms with E-state index in [2.05, 4.69) is 19.1 Å². The third-order valence-electron chi connectivity index (χ3n) is 2.30. The molecule has 0 unspecified atom stereocenters. The van der Waals surface area contributed by atoms with Crippen molar-refractivity contribution in [1.29, 1.82) is 0 Å². The third kappa shape index (κ3) is 3.02. The maximum absolute atomic E-state index is 11.0. The smallest absolute Gasteiger partial charge is 0.130 e. The van der Waals surface area contributed by atoms with Gasteiger partial charge in [-0.1, -0.05) is 37.3 Å². The van der Waals surface area contributed by atoms with Gasteiger partial charge in [-0.15, -0.1) is 0 Å². The molecule has 0 aliphatic rings. The minimum Gasteiger partial charge on any atom is -0.300 e. The summed E-state index contributed by atoms with van der Waals surface area (Å²) in [5, 5.41) is 0. The summed E-state index contributed by atoms with van der Waals surface area (Å²) in [6.45, 7) is 3.78. The van der Waals surface area contributed by atoms with Crippen molar-refractivity contribution in [2.75, 3.05) is 0 Å². The lowest BCUT2D eigenvalue weighted by atomic mass is 9.92. The molecule has 0 N–H and O–H groups in total. The van der Waals surface area contributed by atoms with E-state index in [9.17, 15) is 4.79 Å². The highest BCUT2D eigenvalue weighted by Gasteiger charge is 2.10. The van der Waals surface area contributed by atoms with Crippen molar-refractivity contribution in [3.63, 3.8) is 0 Å². The zero-order chi connectivity index (χ0) is 9.68. The van der Waals surface area contributed by atoms with Crippen LogP contribution in [0.2, 0.25) is 0 Å². The summed E-state index contributed by atoms with van der Waals surface area (Å²) in [5.41, 5.74) is 1.28. The number of hydrogen-bond donors (Lipinski definition) is 0. The van der Waals surface area contributed by atoms with Crippen LogP contribution < -0.4 is 0 Å². The molecule has 0 heterocycles. The number of carbonyl (C=O) groups is 1. The van der Waals surface area contributed by atoms with E-state index in [-0.39, 0.29) is 5.78 Å². The first-order valence-corrected chi connectivity index (χ1v) is 4.78. The third-order valence-corrected chi connectivity index (χ3v) is 2.30. The maximum Gasteiger partial charge on any atom is 0.130 e. The Kier molecular flexibility index (Phi) is 3.69. The number of benzene rings is 1. The fourth-order valence-electron chi connectivity index (χ4n) is 1.57. The first-order chi connectivity index (χ1) is 6.24. The summed E-state index contributed by atoms with van der Waals surface area (Å²) in [6, 6.07) is 10.2. The largest absolute Gasteiger partial charge is 0.300 e. The quantitative estimate of drug-likeness (QED) is 0.688. The zero-order valence-electron chi connectivity index (χ0n) is 8.29. The molecule has 0 saturated carbocycles. The van der Waals surface area contributed by atoms with Gasteiger partial charge in [0.2, 0.25) is 0 Å². The van der Waals surface area contributed by atoms with Crippen LogP contribution in [0, 0.1) is 0 Å². The average molecular weight is 176 g/mol. The lowest BCUT2D eigenvalue weighted by Gasteiger charge is -2.12. The summed E-state index contributed by atoms with van der Waals surface area (Å²) in [7, 11) is 0. The molecule has 0 spiro atoms. The number of ketones is 1. The van der Waals surface area contributed by atoms with Crippen molar-refractivity contribution >= 4 is 5.78 Å². The highest BCUT2D eigenvalue weighted by Crippen LogP contribution is 2.22. The van der Waals surface area contributed by atoms with Crippen molar-refractivity contribution in [1.82, 2.24) is 0 Å². The summed E-state index contributed by atoms with van der Waals surface area (Å²) >= 11 is 0. The Morgan fingerprint density at radius 2 is 1.92 bits per heavy atom. The Hall–Kier alpha value is -1.11. The van der Waals surface area contributed by atoms with E-state index in [0.29, 0.717) is 12.3 Å². The summed E-state index contributed by atoms with van der Waals surface area (Å²) in [6.07, 6.45) is 1.70. The van der Waals surface area contributed by atoms with Crippen LogP contribution >= 0.6 is 0 Å². The van der Waals surface area contributed by atoms with Gasteiger partial charge < -0.3 is 4.79 Å². The number of Topliss-reactive ketones (excluding diaryl/α,β-unsaturated/α-hetero) is 1. The van der Waals surface area contributed by atoms with Crippen LogP contribution in [0.1, 0.15) is 38.2 Å². The molecule has 0 amide bonds. The lowest BCUT2D eigenvalue weighted by molar-refractivity contribution is -0.117. The molecule has 1 aromatic carbocycles. The minimum absolute atomic E-state index is 0.274. The monoisotopic (exact) mass is 176 g/mol. The van der Waals surface area contributed by atoms with Gasteiger partial charge in [-0.2, -0.15) is 0 Å². The molecule has 0 saturated heterocycles. The van der Waals surface area contributed by atoms with Gasteiger partial charge in [0, 0.05) is 6.42 Å². The van der Waals surface area contributed by atoms with Crippen LogP contribution in [-0.2, 0) is 4.79 Å². The van der Waals surface area contributed by atoms with Gasteiger partial charge >= 0.3 is 0 Å². The van der Waals surface area contributed by atoms with Gasteiger partial charge in [-0.05, 0) is 24.8 Å². The van der Waals surface area contributed by atoms with Gasteiger partial charge in [-0.25, -0.2) is 0 Å². The van der Waals surface area contributed by atoms with Crippen LogP contribution in [0.25, 0.3) is 0 Å². The van der Waals surface area contributed by atoms with Gasteiger partial charge in [0.15, 0.2) is 0 Å². The Morgan fingerprint density at radius 1 is 1.31 bits per heavy atom. The Balaban J connectivity index is 2.73. The first-order valence-electron chi connectivity index (χ1n) is 4.78. The van der Waals surface area contributed by atoms with Gasteiger partial charge in [-0.3, -0.25) is 0 Å². The molecular formula is C12H16O. The molecule has 1 atom stereocenters. The molecular weight excluding hydrogens is 160 g/mol. The van der Waals surface area contributed by atoms with Gasteiger partial charge in [0.05, 0.1) is 0 Å².